The molecule has 0 unspecified atom stereocenters. The second-order valence-corrected chi connectivity index (χ2v) is 9.55. The average Bonchev–Trinajstić information content (AvgIpc) is 3.22. The molecule has 4 rings (SSSR count). The van der Waals surface area contributed by atoms with Crippen molar-refractivity contribution >= 4 is 28.6 Å². The van der Waals surface area contributed by atoms with E-state index in [4.69, 9.17) is 30.8 Å². The van der Waals surface area contributed by atoms with Gasteiger partial charge in [0, 0.05) is 11.1 Å². The van der Waals surface area contributed by atoms with Crippen LogP contribution >= 0.6 is 11.6 Å². The Hall–Kier alpha value is -3.51. The molecule has 0 radical (unpaired) electrons. The van der Waals surface area contributed by atoms with Crippen LogP contribution in [0, 0.1) is 13.8 Å². The summed E-state index contributed by atoms with van der Waals surface area (Å²) in [6.45, 7) is 7.81. The zero-order valence-electron chi connectivity index (χ0n) is 21.8. The van der Waals surface area contributed by atoms with Gasteiger partial charge in [0.15, 0.2) is 0 Å². The van der Waals surface area contributed by atoms with Crippen LogP contribution in [0.3, 0.4) is 0 Å². The first-order valence-corrected chi connectivity index (χ1v) is 13.0. The van der Waals surface area contributed by atoms with Gasteiger partial charge < -0.3 is 18.8 Å². The third kappa shape index (κ3) is 6.44. The Morgan fingerprint density at radius 2 is 1.84 bits per heavy atom. The lowest BCUT2D eigenvalue weighted by molar-refractivity contribution is 0.0600. The number of aryl methyl sites for hydroxylation is 2. The normalized spacial score (nSPS) is 11.1. The molecule has 0 saturated heterocycles. The Kier molecular flexibility index (Phi) is 8.72. The third-order valence-electron chi connectivity index (χ3n) is 6.33. The topological polar surface area (TPSA) is 62.6 Å². The summed E-state index contributed by atoms with van der Waals surface area (Å²) in [6, 6.07) is 17.1. The number of unbranched alkanes of at least 4 members (excludes halogenated alkanes) is 2. The minimum Gasteiger partial charge on any atom is -0.494 e. The molecule has 0 fully saturated rings. The second-order valence-electron chi connectivity index (χ2n) is 9.14. The summed E-state index contributed by atoms with van der Waals surface area (Å²) in [4.78, 5) is 16.6. The number of imidazole rings is 1. The van der Waals surface area contributed by atoms with E-state index >= 15 is 0 Å². The first-order chi connectivity index (χ1) is 17.9. The molecular weight excluding hydrogens is 488 g/mol. The standard InChI is InChI=1S/C30H33ClN2O4/c1-5-6-7-13-36-25-12-11-24(27(31)16-25)18-33-21(3)32-29-20(2)14-26(17-28(29)33)37-19-22-9-8-10-23(15-22)30(34)35-4/h8-12,14-17H,5-7,13,18-19H2,1-4H3. The highest BCUT2D eigenvalue weighted by molar-refractivity contribution is 6.31. The lowest BCUT2D eigenvalue weighted by Crippen LogP contribution is -2.04. The molecule has 0 saturated carbocycles. The predicted octanol–water partition coefficient (Wildman–Crippen LogP) is 7.29. The highest BCUT2D eigenvalue weighted by atomic mass is 35.5. The van der Waals surface area contributed by atoms with Gasteiger partial charge in [-0.3, -0.25) is 0 Å². The molecule has 3 aromatic carbocycles. The van der Waals surface area contributed by atoms with E-state index in [1.165, 1.54) is 7.11 Å². The van der Waals surface area contributed by atoms with Crippen LogP contribution in [-0.2, 0) is 17.9 Å². The summed E-state index contributed by atoms with van der Waals surface area (Å²) in [6.07, 6.45) is 3.36. The van der Waals surface area contributed by atoms with Crippen LogP contribution in [0.15, 0.2) is 54.6 Å². The molecule has 7 heteroatoms. The van der Waals surface area contributed by atoms with E-state index in [1.54, 1.807) is 12.1 Å². The summed E-state index contributed by atoms with van der Waals surface area (Å²) in [5, 5.41) is 0.670. The largest absolute Gasteiger partial charge is 0.494 e. The number of ether oxygens (including phenoxy) is 3. The fraction of sp³-hybridized carbons (Fsp3) is 0.333. The molecule has 0 atom stereocenters. The van der Waals surface area contributed by atoms with Crippen molar-refractivity contribution in [3.63, 3.8) is 0 Å². The number of fused-ring (bicyclic) bond motifs is 1. The maximum atomic E-state index is 11.8. The molecule has 4 aromatic rings. The molecule has 0 bridgehead atoms. The van der Waals surface area contributed by atoms with Crippen LogP contribution in [0.4, 0.5) is 0 Å². The number of nitrogens with zero attached hydrogens (tertiary/aromatic N) is 2. The lowest BCUT2D eigenvalue weighted by atomic mass is 10.1. The van der Waals surface area contributed by atoms with Gasteiger partial charge in [0.2, 0.25) is 0 Å². The molecule has 6 nitrogen and oxygen atoms in total. The highest BCUT2D eigenvalue weighted by Gasteiger charge is 2.14. The van der Waals surface area contributed by atoms with Crippen LogP contribution in [0.5, 0.6) is 11.5 Å². The lowest BCUT2D eigenvalue weighted by Gasteiger charge is -2.13. The molecule has 37 heavy (non-hydrogen) atoms. The molecule has 0 aliphatic rings. The Morgan fingerprint density at radius 3 is 2.59 bits per heavy atom. The molecule has 0 amide bonds. The van der Waals surface area contributed by atoms with Gasteiger partial charge >= 0.3 is 5.97 Å². The van der Waals surface area contributed by atoms with Gasteiger partial charge in [0.1, 0.15) is 23.9 Å². The van der Waals surface area contributed by atoms with Gasteiger partial charge in [-0.1, -0.05) is 49.6 Å². The second kappa shape index (κ2) is 12.2. The molecule has 1 aromatic heterocycles. The molecule has 0 aliphatic carbocycles. The maximum Gasteiger partial charge on any atom is 0.337 e. The van der Waals surface area contributed by atoms with E-state index in [1.807, 2.05) is 56.3 Å². The third-order valence-corrected chi connectivity index (χ3v) is 6.68. The molecule has 0 spiro atoms. The van der Waals surface area contributed by atoms with Gasteiger partial charge in [-0.2, -0.15) is 0 Å². The SMILES string of the molecule is CCCCCOc1ccc(Cn2c(C)nc3c(C)cc(OCc4cccc(C(=O)OC)c4)cc32)c(Cl)c1. The summed E-state index contributed by atoms with van der Waals surface area (Å²) < 4.78 is 18.9. The van der Waals surface area contributed by atoms with Crippen molar-refractivity contribution in [2.24, 2.45) is 0 Å². The minimum atomic E-state index is -0.367. The molecule has 0 aliphatic heterocycles. The number of aromatic nitrogens is 2. The van der Waals surface area contributed by atoms with Crippen molar-refractivity contribution in [2.45, 2.75) is 53.2 Å². The number of hydrogen-bond donors (Lipinski definition) is 0. The molecule has 194 valence electrons. The highest BCUT2D eigenvalue weighted by Crippen LogP contribution is 2.29. The number of carbonyl (C=O) groups is 1. The average molecular weight is 521 g/mol. The van der Waals surface area contributed by atoms with Gasteiger partial charge in [0.05, 0.1) is 36.9 Å². The first-order valence-electron chi connectivity index (χ1n) is 12.6. The van der Waals surface area contributed by atoms with E-state index in [0.717, 1.165) is 64.3 Å². The van der Waals surface area contributed by atoms with Gasteiger partial charge in [-0.05, 0) is 67.3 Å². The van der Waals surface area contributed by atoms with Gasteiger partial charge in [-0.25, -0.2) is 9.78 Å². The molecule has 1 heterocycles. The Balaban J connectivity index is 1.53. The quantitative estimate of drug-likeness (QED) is 0.153. The maximum absolute atomic E-state index is 11.8. The Morgan fingerprint density at radius 1 is 1.00 bits per heavy atom. The number of carbonyl (C=O) groups excluding carboxylic acids is 1. The van der Waals surface area contributed by atoms with Crippen molar-refractivity contribution < 1.29 is 19.0 Å². The fourth-order valence-corrected chi connectivity index (χ4v) is 4.52. The number of halogens is 1. The summed E-state index contributed by atoms with van der Waals surface area (Å²) in [7, 11) is 1.37. The van der Waals surface area contributed by atoms with Crippen LogP contribution in [0.25, 0.3) is 11.0 Å². The van der Waals surface area contributed by atoms with Gasteiger partial charge in [0.25, 0.3) is 0 Å². The fourth-order valence-electron chi connectivity index (χ4n) is 4.29. The number of methoxy groups -OCH3 is 1. The minimum absolute atomic E-state index is 0.328. The van der Waals surface area contributed by atoms with E-state index in [0.29, 0.717) is 30.3 Å². The zero-order chi connectivity index (χ0) is 26.4. The van der Waals surface area contributed by atoms with Crippen LogP contribution < -0.4 is 9.47 Å². The number of esters is 1. The van der Waals surface area contributed by atoms with Crippen LogP contribution in [0.2, 0.25) is 5.02 Å². The summed E-state index contributed by atoms with van der Waals surface area (Å²) >= 11 is 6.64. The van der Waals surface area contributed by atoms with E-state index in [9.17, 15) is 4.79 Å². The van der Waals surface area contributed by atoms with Crippen molar-refractivity contribution in [3.8, 4) is 11.5 Å². The van der Waals surface area contributed by atoms with Crippen molar-refractivity contribution in [1.82, 2.24) is 9.55 Å². The number of hydrogen-bond acceptors (Lipinski definition) is 5. The monoisotopic (exact) mass is 520 g/mol. The van der Waals surface area contributed by atoms with E-state index in [2.05, 4.69) is 11.5 Å². The van der Waals surface area contributed by atoms with Crippen LogP contribution in [-0.4, -0.2) is 29.2 Å². The molecular formula is C30H33ClN2O4. The molecule has 0 N–H and O–H groups in total. The number of rotatable bonds is 11. The van der Waals surface area contributed by atoms with Crippen molar-refractivity contribution in [3.05, 3.63) is 87.7 Å². The van der Waals surface area contributed by atoms with Gasteiger partial charge in [-0.15, -0.1) is 0 Å². The van der Waals surface area contributed by atoms with Crippen molar-refractivity contribution in [1.29, 1.82) is 0 Å². The zero-order valence-corrected chi connectivity index (χ0v) is 22.6. The summed E-state index contributed by atoms with van der Waals surface area (Å²) in [5.41, 5.74) is 5.32. The van der Waals surface area contributed by atoms with Crippen LogP contribution in [0.1, 0.15) is 59.1 Å². The Bertz CT molecular complexity index is 1400. The first kappa shape index (κ1) is 26.6. The summed E-state index contributed by atoms with van der Waals surface area (Å²) in [5.74, 6) is 2.06. The smallest absolute Gasteiger partial charge is 0.337 e. The van der Waals surface area contributed by atoms with E-state index in [-0.39, 0.29) is 5.97 Å². The predicted molar refractivity (Wildman–Crippen MR) is 147 cm³/mol. The van der Waals surface area contributed by atoms with E-state index < -0.39 is 0 Å². The number of benzene rings is 3. The van der Waals surface area contributed by atoms with Crippen molar-refractivity contribution in [2.75, 3.05) is 13.7 Å². The Labute approximate surface area is 223 Å².